The van der Waals surface area contributed by atoms with Gasteiger partial charge in [-0.2, -0.15) is 11.8 Å². The van der Waals surface area contributed by atoms with Crippen molar-refractivity contribution in [3.63, 3.8) is 0 Å². The van der Waals surface area contributed by atoms with Crippen LogP contribution in [-0.4, -0.2) is 32.5 Å². The lowest BCUT2D eigenvalue weighted by Crippen LogP contribution is -2.37. The van der Waals surface area contributed by atoms with Crippen molar-refractivity contribution < 1.29 is 8.42 Å². The van der Waals surface area contributed by atoms with Gasteiger partial charge in [-0.3, -0.25) is 0 Å². The molecule has 1 fully saturated rings. The van der Waals surface area contributed by atoms with E-state index in [4.69, 9.17) is 0 Å². The molecule has 1 saturated heterocycles. The summed E-state index contributed by atoms with van der Waals surface area (Å²) in [5.41, 5.74) is 2.02. The molecule has 0 radical (unpaired) electrons. The fourth-order valence-electron chi connectivity index (χ4n) is 2.35. The van der Waals surface area contributed by atoms with Crippen LogP contribution in [-0.2, 0) is 22.3 Å². The normalized spacial score (nSPS) is 17.0. The van der Waals surface area contributed by atoms with Gasteiger partial charge >= 0.3 is 0 Å². The van der Waals surface area contributed by atoms with Crippen molar-refractivity contribution in [3.05, 3.63) is 35.4 Å². The van der Waals surface area contributed by atoms with E-state index in [9.17, 15) is 8.42 Å². The van der Waals surface area contributed by atoms with Crippen molar-refractivity contribution in [2.45, 2.75) is 38.1 Å². The molecule has 2 rings (SSSR count). The second kappa shape index (κ2) is 8.17. The molecular formula is C15H24N2O2S2. The number of hydrogen-bond acceptors (Lipinski definition) is 4. The monoisotopic (exact) mass is 328 g/mol. The number of hydrogen-bond donors (Lipinski definition) is 2. The second-order valence-electron chi connectivity index (χ2n) is 5.36. The number of thioether (sulfide) groups is 1. The summed E-state index contributed by atoms with van der Waals surface area (Å²) in [6, 6.07) is 7.91. The first-order chi connectivity index (χ1) is 10.1. The van der Waals surface area contributed by atoms with E-state index in [1.165, 1.54) is 5.56 Å². The lowest BCUT2D eigenvalue weighted by atomic mass is 10.1. The standard InChI is InChI=1S/C15H24N2O2S2/c1-2-16-11-13-3-5-14(6-4-13)12-21(18,19)17-15-7-9-20-10-8-15/h3-6,15-17H,2,7-12H2,1H3. The Morgan fingerprint density at radius 1 is 1.14 bits per heavy atom. The summed E-state index contributed by atoms with van der Waals surface area (Å²) in [5, 5.41) is 3.25. The Morgan fingerprint density at radius 2 is 1.76 bits per heavy atom. The smallest absolute Gasteiger partial charge is 0.216 e. The fraction of sp³-hybridized carbons (Fsp3) is 0.600. The van der Waals surface area contributed by atoms with Crippen molar-refractivity contribution in [1.29, 1.82) is 0 Å². The van der Waals surface area contributed by atoms with Gasteiger partial charge in [0.25, 0.3) is 0 Å². The fourth-order valence-corrected chi connectivity index (χ4v) is 4.92. The molecule has 1 aromatic carbocycles. The van der Waals surface area contributed by atoms with E-state index in [-0.39, 0.29) is 11.8 Å². The lowest BCUT2D eigenvalue weighted by Gasteiger charge is -2.22. The van der Waals surface area contributed by atoms with Crippen molar-refractivity contribution in [2.24, 2.45) is 0 Å². The molecular weight excluding hydrogens is 304 g/mol. The van der Waals surface area contributed by atoms with E-state index < -0.39 is 10.0 Å². The highest BCUT2D eigenvalue weighted by Gasteiger charge is 2.20. The van der Waals surface area contributed by atoms with Crippen LogP contribution >= 0.6 is 11.8 Å². The van der Waals surface area contributed by atoms with Crippen molar-refractivity contribution >= 4 is 21.8 Å². The highest BCUT2D eigenvalue weighted by molar-refractivity contribution is 7.99. The molecule has 118 valence electrons. The summed E-state index contributed by atoms with van der Waals surface area (Å²) in [6.07, 6.45) is 1.87. The Kier molecular flexibility index (Phi) is 6.54. The van der Waals surface area contributed by atoms with Crippen LogP contribution in [0.4, 0.5) is 0 Å². The van der Waals surface area contributed by atoms with Gasteiger partial charge in [0.1, 0.15) is 0 Å². The summed E-state index contributed by atoms with van der Waals surface area (Å²) in [7, 11) is -3.24. The average molecular weight is 329 g/mol. The Labute approximate surface area is 132 Å². The van der Waals surface area contributed by atoms with Gasteiger partial charge in [0.15, 0.2) is 0 Å². The summed E-state index contributed by atoms with van der Waals surface area (Å²) >= 11 is 1.90. The van der Waals surface area contributed by atoms with Crippen molar-refractivity contribution in [3.8, 4) is 0 Å². The Bertz CT molecular complexity index is 523. The molecule has 6 heteroatoms. The van der Waals surface area contributed by atoms with E-state index in [0.29, 0.717) is 0 Å². The minimum atomic E-state index is -3.24. The van der Waals surface area contributed by atoms with E-state index in [0.717, 1.165) is 43.0 Å². The molecule has 1 aliphatic heterocycles. The maximum Gasteiger partial charge on any atom is 0.216 e. The SMILES string of the molecule is CCNCc1ccc(CS(=O)(=O)NC2CCSCC2)cc1. The van der Waals surface area contributed by atoms with E-state index in [2.05, 4.69) is 17.0 Å². The quantitative estimate of drug-likeness (QED) is 0.805. The third kappa shape index (κ3) is 5.98. The molecule has 0 atom stereocenters. The lowest BCUT2D eigenvalue weighted by molar-refractivity contribution is 0.528. The van der Waals surface area contributed by atoms with Gasteiger partial charge in [-0.05, 0) is 42.0 Å². The van der Waals surface area contributed by atoms with Gasteiger partial charge in [-0.1, -0.05) is 31.2 Å². The number of sulfonamides is 1. The van der Waals surface area contributed by atoms with Crippen LogP contribution in [0.5, 0.6) is 0 Å². The van der Waals surface area contributed by atoms with E-state index in [1.807, 2.05) is 36.0 Å². The van der Waals surface area contributed by atoms with Crippen LogP contribution in [0.25, 0.3) is 0 Å². The van der Waals surface area contributed by atoms with Gasteiger partial charge in [0.05, 0.1) is 5.75 Å². The minimum Gasteiger partial charge on any atom is -0.313 e. The first kappa shape index (κ1) is 16.8. The molecule has 0 unspecified atom stereocenters. The third-order valence-electron chi connectivity index (χ3n) is 3.53. The van der Waals surface area contributed by atoms with Gasteiger partial charge < -0.3 is 5.32 Å². The maximum atomic E-state index is 12.2. The highest BCUT2D eigenvalue weighted by atomic mass is 32.2. The third-order valence-corrected chi connectivity index (χ3v) is 5.98. The Morgan fingerprint density at radius 3 is 2.38 bits per heavy atom. The van der Waals surface area contributed by atoms with E-state index in [1.54, 1.807) is 0 Å². The predicted molar refractivity (Wildman–Crippen MR) is 89.9 cm³/mol. The summed E-state index contributed by atoms with van der Waals surface area (Å²) in [4.78, 5) is 0. The molecule has 0 aromatic heterocycles. The molecule has 0 amide bonds. The van der Waals surface area contributed by atoms with Gasteiger partial charge in [-0.15, -0.1) is 0 Å². The summed E-state index contributed by atoms with van der Waals surface area (Å²) in [6.45, 7) is 3.82. The van der Waals surface area contributed by atoms with Crippen LogP contribution in [0.1, 0.15) is 30.9 Å². The van der Waals surface area contributed by atoms with Crippen LogP contribution < -0.4 is 10.0 Å². The first-order valence-corrected chi connectivity index (χ1v) is 10.3. The number of benzene rings is 1. The second-order valence-corrected chi connectivity index (χ2v) is 8.34. The number of nitrogens with one attached hydrogen (secondary N) is 2. The molecule has 0 spiro atoms. The number of rotatable bonds is 7. The summed E-state index contributed by atoms with van der Waals surface area (Å²) < 4.78 is 27.2. The Hall–Kier alpha value is -0.560. The average Bonchev–Trinajstić information content (AvgIpc) is 2.47. The van der Waals surface area contributed by atoms with E-state index >= 15 is 0 Å². The molecule has 1 aliphatic rings. The summed E-state index contributed by atoms with van der Waals surface area (Å²) in [5.74, 6) is 2.16. The van der Waals surface area contributed by atoms with Crippen LogP contribution in [0.15, 0.2) is 24.3 Å². The van der Waals surface area contributed by atoms with Gasteiger partial charge in [0, 0.05) is 12.6 Å². The van der Waals surface area contributed by atoms with Crippen LogP contribution in [0, 0.1) is 0 Å². The molecule has 4 nitrogen and oxygen atoms in total. The topological polar surface area (TPSA) is 58.2 Å². The molecule has 0 bridgehead atoms. The largest absolute Gasteiger partial charge is 0.313 e. The van der Waals surface area contributed by atoms with Gasteiger partial charge in [-0.25, -0.2) is 13.1 Å². The zero-order valence-electron chi connectivity index (χ0n) is 12.5. The van der Waals surface area contributed by atoms with Gasteiger partial charge in [0.2, 0.25) is 10.0 Å². The highest BCUT2D eigenvalue weighted by Crippen LogP contribution is 2.18. The molecule has 1 aromatic rings. The van der Waals surface area contributed by atoms with Crippen LogP contribution in [0.2, 0.25) is 0 Å². The zero-order chi connectivity index (χ0) is 15.1. The molecule has 1 heterocycles. The zero-order valence-corrected chi connectivity index (χ0v) is 14.1. The molecule has 21 heavy (non-hydrogen) atoms. The maximum absolute atomic E-state index is 12.2. The Balaban J connectivity index is 1.89. The molecule has 0 aliphatic carbocycles. The van der Waals surface area contributed by atoms with Crippen molar-refractivity contribution in [1.82, 2.24) is 10.0 Å². The molecule has 0 saturated carbocycles. The molecule has 2 N–H and O–H groups in total. The first-order valence-electron chi connectivity index (χ1n) is 7.45. The minimum absolute atomic E-state index is 0.0676. The van der Waals surface area contributed by atoms with Crippen molar-refractivity contribution in [2.75, 3.05) is 18.1 Å². The predicted octanol–water partition coefficient (Wildman–Crippen LogP) is 2.11. The van der Waals surface area contributed by atoms with Crippen LogP contribution in [0.3, 0.4) is 0 Å².